The maximum Gasteiger partial charge on any atom is 0.233 e. The molecule has 0 aliphatic heterocycles. The van der Waals surface area contributed by atoms with Crippen LogP contribution < -0.4 is 0 Å². The van der Waals surface area contributed by atoms with Crippen molar-refractivity contribution in [2.75, 3.05) is 6.54 Å². The molecule has 1 aromatic carbocycles. The minimum absolute atomic E-state index is 0.462. The van der Waals surface area contributed by atoms with E-state index in [1.54, 1.807) is 24.3 Å². The summed E-state index contributed by atoms with van der Waals surface area (Å²) in [5, 5.41) is 19.5. The summed E-state index contributed by atoms with van der Waals surface area (Å²) in [4.78, 5) is 9.57. The molecule has 1 rings (SSSR count). The fourth-order valence-corrected chi connectivity index (χ4v) is 1.38. The predicted molar refractivity (Wildman–Crippen MR) is 51.0 cm³/mol. The molecule has 0 heterocycles. The maximum absolute atomic E-state index is 10.1. The van der Waals surface area contributed by atoms with Crippen LogP contribution in [0.15, 0.2) is 28.7 Å². The van der Waals surface area contributed by atoms with E-state index in [1.165, 1.54) is 0 Å². The topological polar surface area (TPSA) is 63.4 Å². The van der Waals surface area contributed by atoms with Gasteiger partial charge in [0, 0.05) is 9.40 Å². The highest BCUT2D eigenvalue weighted by molar-refractivity contribution is 9.10. The third-order valence-corrected chi connectivity index (χ3v) is 2.05. The van der Waals surface area contributed by atoms with Crippen molar-refractivity contribution in [2.24, 2.45) is 0 Å². The first-order valence-corrected chi connectivity index (χ1v) is 4.44. The smallest absolute Gasteiger partial charge is 0.233 e. The van der Waals surface area contributed by atoms with E-state index in [2.05, 4.69) is 15.9 Å². The van der Waals surface area contributed by atoms with Gasteiger partial charge in [0.05, 0.1) is 0 Å². The zero-order valence-corrected chi connectivity index (χ0v) is 8.27. The minimum Gasteiger partial charge on any atom is -0.382 e. The average molecular weight is 246 g/mol. The van der Waals surface area contributed by atoms with E-state index in [4.69, 9.17) is 0 Å². The molecule has 1 atom stereocenters. The monoisotopic (exact) mass is 245 g/mol. The zero-order valence-electron chi connectivity index (χ0n) is 6.68. The molecule has 0 bridgehead atoms. The summed E-state index contributed by atoms with van der Waals surface area (Å²) in [6, 6.07) is 6.83. The minimum atomic E-state index is -1.03. The Labute approximate surface area is 83.5 Å². The number of halogens is 1. The maximum atomic E-state index is 10.1. The summed E-state index contributed by atoms with van der Waals surface area (Å²) in [5.74, 6) is 0. The molecule has 1 N–H and O–H groups in total. The molecule has 0 aliphatic rings. The van der Waals surface area contributed by atoms with E-state index >= 15 is 0 Å². The largest absolute Gasteiger partial charge is 0.382 e. The molecule has 13 heavy (non-hydrogen) atoms. The van der Waals surface area contributed by atoms with Gasteiger partial charge in [0.25, 0.3) is 0 Å². The van der Waals surface area contributed by atoms with Crippen LogP contribution in [0.25, 0.3) is 0 Å². The lowest BCUT2D eigenvalue weighted by molar-refractivity contribution is -0.491. The molecule has 0 aliphatic carbocycles. The van der Waals surface area contributed by atoms with Crippen molar-refractivity contribution in [3.05, 3.63) is 44.4 Å². The molecule has 0 saturated carbocycles. The molecular formula is C8H8BrNO3. The van der Waals surface area contributed by atoms with Crippen LogP contribution in [0.5, 0.6) is 0 Å². The Balaban J connectivity index is 2.76. The lowest BCUT2D eigenvalue weighted by Crippen LogP contribution is -2.11. The number of hydrogen-bond acceptors (Lipinski definition) is 3. The predicted octanol–water partition coefficient (Wildman–Crippen LogP) is 1.76. The van der Waals surface area contributed by atoms with Gasteiger partial charge in [-0.15, -0.1) is 0 Å². The van der Waals surface area contributed by atoms with Crippen LogP contribution in [0, 0.1) is 10.1 Å². The van der Waals surface area contributed by atoms with Crippen molar-refractivity contribution in [1.29, 1.82) is 0 Å². The highest BCUT2D eigenvalue weighted by Gasteiger charge is 2.13. The van der Waals surface area contributed by atoms with Crippen molar-refractivity contribution < 1.29 is 10.0 Å². The molecule has 0 radical (unpaired) electrons. The zero-order chi connectivity index (χ0) is 9.84. The number of benzene rings is 1. The fraction of sp³-hybridized carbons (Fsp3) is 0.250. The summed E-state index contributed by atoms with van der Waals surface area (Å²) in [6.07, 6.45) is -1.03. The van der Waals surface area contributed by atoms with Gasteiger partial charge in [-0.2, -0.15) is 0 Å². The van der Waals surface area contributed by atoms with Gasteiger partial charge >= 0.3 is 0 Å². The van der Waals surface area contributed by atoms with Gasteiger partial charge < -0.3 is 5.11 Å². The Morgan fingerprint density at radius 2 is 2.31 bits per heavy atom. The number of rotatable bonds is 3. The van der Waals surface area contributed by atoms with Crippen LogP contribution in [0.3, 0.4) is 0 Å². The first-order chi connectivity index (χ1) is 6.09. The molecule has 1 unspecified atom stereocenters. The SMILES string of the molecule is O=[N+]([O-])CC(O)c1cccc(Br)c1. The number of nitro groups is 1. The summed E-state index contributed by atoms with van der Waals surface area (Å²) < 4.78 is 0.799. The van der Waals surface area contributed by atoms with Crippen molar-refractivity contribution in [3.63, 3.8) is 0 Å². The van der Waals surface area contributed by atoms with Crippen molar-refractivity contribution in [2.45, 2.75) is 6.10 Å². The third-order valence-electron chi connectivity index (χ3n) is 1.56. The van der Waals surface area contributed by atoms with Gasteiger partial charge in [-0.25, -0.2) is 0 Å². The highest BCUT2D eigenvalue weighted by Crippen LogP contribution is 2.17. The highest BCUT2D eigenvalue weighted by atomic mass is 79.9. The van der Waals surface area contributed by atoms with Crippen molar-refractivity contribution >= 4 is 15.9 Å². The molecule has 5 heteroatoms. The number of hydrogen-bond donors (Lipinski definition) is 1. The Hall–Kier alpha value is -0.940. The van der Waals surface area contributed by atoms with Crippen molar-refractivity contribution in [1.82, 2.24) is 0 Å². The van der Waals surface area contributed by atoms with E-state index in [1.807, 2.05) is 0 Å². The Bertz CT molecular complexity index is 316. The first-order valence-electron chi connectivity index (χ1n) is 3.65. The van der Waals surface area contributed by atoms with Crippen LogP contribution in [-0.4, -0.2) is 16.6 Å². The number of nitrogens with zero attached hydrogens (tertiary/aromatic N) is 1. The normalized spacial score (nSPS) is 12.5. The summed E-state index contributed by atoms with van der Waals surface area (Å²) in [5.41, 5.74) is 0.547. The van der Waals surface area contributed by atoms with Crippen molar-refractivity contribution in [3.8, 4) is 0 Å². The first kappa shape index (κ1) is 10.1. The van der Waals surface area contributed by atoms with Gasteiger partial charge in [0.15, 0.2) is 0 Å². The van der Waals surface area contributed by atoms with E-state index in [0.717, 1.165) is 4.47 Å². The van der Waals surface area contributed by atoms with Gasteiger partial charge in [-0.1, -0.05) is 28.1 Å². The molecular weight excluding hydrogens is 238 g/mol. The van der Waals surface area contributed by atoms with Gasteiger partial charge in [-0.3, -0.25) is 10.1 Å². The molecule has 1 aromatic rings. The quantitative estimate of drug-likeness (QED) is 0.652. The second-order valence-electron chi connectivity index (χ2n) is 2.59. The lowest BCUT2D eigenvalue weighted by atomic mass is 10.1. The molecule has 0 saturated heterocycles. The van der Waals surface area contributed by atoms with Crippen LogP contribution >= 0.6 is 15.9 Å². The van der Waals surface area contributed by atoms with E-state index in [-0.39, 0.29) is 0 Å². The molecule has 4 nitrogen and oxygen atoms in total. The lowest BCUT2D eigenvalue weighted by Gasteiger charge is -2.05. The van der Waals surface area contributed by atoms with Gasteiger partial charge in [0.1, 0.15) is 6.10 Å². The molecule has 0 amide bonds. The summed E-state index contributed by atoms with van der Waals surface area (Å²) in [6.45, 7) is -0.462. The summed E-state index contributed by atoms with van der Waals surface area (Å²) >= 11 is 3.22. The van der Waals surface area contributed by atoms with Crippen LogP contribution in [0.2, 0.25) is 0 Å². The van der Waals surface area contributed by atoms with Crippen LogP contribution in [-0.2, 0) is 0 Å². The number of aliphatic hydroxyl groups excluding tert-OH is 1. The average Bonchev–Trinajstić information content (AvgIpc) is 2.03. The van der Waals surface area contributed by atoms with Gasteiger partial charge in [-0.05, 0) is 17.7 Å². The second-order valence-corrected chi connectivity index (χ2v) is 3.50. The standard InChI is InChI=1S/C8H8BrNO3/c9-7-3-1-2-6(4-7)8(11)5-10(12)13/h1-4,8,11H,5H2. The fourth-order valence-electron chi connectivity index (χ4n) is 0.960. The van der Waals surface area contributed by atoms with E-state index in [9.17, 15) is 15.2 Å². The molecule has 0 aromatic heterocycles. The third kappa shape index (κ3) is 3.12. The Kier molecular flexibility index (Phi) is 3.39. The Morgan fingerprint density at radius 3 is 2.85 bits per heavy atom. The second kappa shape index (κ2) is 4.34. The van der Waals surface area contributed by atoms with E-state index in [0.29, 0.717) is 5.56 Å². The molecule has 70 valence electrons. The van der Waals surface area contributed by atoms with E-state index < -0.39 is 17.6 Å². The summed E-state index contributed by atoms with van der Waals surface area (Å²) in [7, 11) is 0. The van der Waals surface area contributed by atoms with Crippen LogP contribution in [0.1, 0.15) is 11.7 Å². The van der Waals surface area contributed by atoms with Gasteiger partial charge in [0.2, 0.25) is 6.54 Å². The number of aliphatic hydroxyl groups is 1. The van der Waals surface area contributed by atoms with Crippen LogP contribution in [0.4, 0.5) is 0 Å². The molecule has 0 fully saturated rings. The molecule has 0 spiro atoms. The Morgan fingerprint density at radius 1 is 1.62 bits per heavy atom.